The van der Waals surface area contributed by atoms with Crippen LogP contribution in [0, 0.1) is 0 Å². The second-order valence-corrected chi connectivity index (χ2v) is 4.15. The van der Waals surface area contributed by atoms with Gasteiger partial charge in [0.05, 0.1) is 0 Å². The highest BCUT2D eigenvalue weighted by atomic mass is 16.4. The van der Waals surface area contributed by atoms with Crippen LogP contribution in [-0.4, -0.2) is 39.5 Å². The van der Waals surface area contributed by atoms with Crippen molar-refractivity contribution in [3.05, 3.63) is 24.0 Å². The summed E-state index contributed by atoms with van der Waals surface area (Å²) in [6, 6.07) is 3.36. The monoisotopic (exact) mass is 252 g/mol. The van der Waals surface area contributed by atoms with Gasteiger partial charge in [-0.3, -0.25) is 9.59 Å². The maximum Gasteiger partial charge on any atom is 0.323 e. The van der Waals surface area contributed by atoms with Crippen LogP contribution in [0.15, 0.2) is 18.3 Å². The Morgan fingerprint density at radius 2 is 2.11 bits per heavy atom. The van der Waals surface area contributed by atoms with E-state index in [-0.39, 0.29) is 12.5 Å². The van der Waals surface area contributed by atoms with Gasteiger partial charge in [0.2, 0.25) is 0 Å². The number of aromatic nitrogens is 1. The molecule has 0 aliphatic carbocycles. The van der Waals surface area contributed by atoms with E-state index in [2.05, 4.69) is 6.92 Å². The molecule has 1 heterocycles. The number of nitrogens with zero attached hydrogens (tertiary/aromatic N) is 2. The summed E-state index contributed by atoms with van der Waals surface area (Å²) < 4.78 is 1.47. The summed E-state index contributed by atoms with van der Waals surface area (Å²) in [5, 5.41) is 8.78. The van der Waals surface area contributed by atoms with Crippen LogP contribution in [-0.2, 0) is 11.3 Å². The Morgan fingerprint density at radius 1 is 1.39 bits per heavy atom. The van der Waals surface area contributed by atoms with E-state index >= 15 is 0 Å². The van der Waals surface area contributed by atoms with Gasteiger partial charge in [0, 0.05) is 19.3 Å². The first-order chi connectivity index (χ1) is 8.60. The fraction of sp³-hybridized carbons (Fsp3) is 0.538. The van der Waals surface area contributed by atoms with Crippen molar-refractivity contribution >= 4 is 11.9 Å². The van der Waals surface area contributed by atoms with Crippen molar-refractivity contribution in [1.29, 1.82) is 0 Å². The van der Waals surface area contributed by atoms with Crippen LogP contribution < -0.4 is 0 Å². The average molecular weight is 252 g/mol. The fourth-order valence-corrected chi connectivity index (χ4v) is 1.81. The molecule has 0 aliphatic rings. The van der Waals surface area contributed by atoms with Crippen LogP contribution in [0.5, 0.6) is 0 Å². The van der Waals surface area contributed by atoms with E-state index in [0.29, 0.717) is 18.8 Å². The van der Waals surface area contributed by atoms with Gasteiger partial charge in [-0.15, -0.1) is 0 Å². The molecule has 5 nitrogen and oxygen atoms in total. The van der Waals surface area contributed by atoms with Gasteiger partial charge in [0.25, 0.3) is 5.91 Å². The third kappa shape index (κ3) is 3.61. The number of aliphatic carboxylic acids is 1. The lowest BCUT2D eigenvalue weighted by atomic mass is 10.3. The molecule has 0 aliphatic heterocycles. The molecular weight excluding hydrogens is 232 g/mol. The van der Waals surface area contributed by atoms with Crippen molar-refractivity contribution in [3.63, 3.8) is 0 Å². The number of carbonyl (C=O) groups excluding carboxylic acids is 1. The number of amides is 1. The van der Waals surface area contributed by atoms with Crippen LogP contribution in [0.1, 0.15) is 37.2 Å². The summed E-state index contributed by atoms with van der Waals surface area (Å²) in [6.07, 6.45) is 3.61. The summed E-state index contributed by atoms with van der Waals surface area (Å²) in [5.74, 6) is -1.05. The van der Waals surface area contributed by atoms with Gasteiger partial charge in [-0.05, 0) is 25.5 Å². The van der Waals surface area contributed by atoms with E-state index in [0.717, 1.165) is 12.8 Å². The van der Waals surface area contributed by atoms with Crippen LogP contribution in [0.2, 0.25) is 0 Å². The molecule has 0 atom stereocenters. The van der Waals surface area contributed by atoms with E-state index < -0.39 is 5.97 Å². The molecule has 0 saturated carbocycles. The Labute approximate surface area is 107 Å². The van der Waals surface area contributed by atoms with Gasteiger partial charge >= 0.3 is 5.97 Å². The van der Waals surface area contributed by atoms with E-state index in [1.54, 1.807) is 23.2 Å². The van der Waals surface area contributed by atoms with Gasteiger partial charge < -0.3 is 14.6 Å². The topological polar surface area (TPSA) is 62.5 Å². The molecule has 0 aromatic carbocycles. The lowest BCUT2D eigenvalue weighted by molar-refractivity contribution is -0.137. The molecular formula is C13H20N2O3. The zero-order chi connectivity index (χ0) is 13.5. The number of carboxylic acids is 1. The minimum Gasteiger partial charge on any atom is -0.480 e. The normalized spacial score (nSPS) is 10.3. The van der Waals surface area contributed by atoms with Gasteiger partial charge in [0.1, 0.15) is 12.2 Å². The highest BCUT2D eigenvalue weighted by molar-refractivity contribution is 5.93. The average Bonchev–Trinajstić information content (AvgIpc) is 2.77. The molecule has 100 valence electrons. The van der Waals surface area contributed by atoms with Crippen molar-refractivity contribution in [3.8, 4) is 0 Å². The molecule has 1 aromatic heterocycles. The lowest BCUT2D eigenvalue weighted by Gasteiger charge is -2.21. The number of hydrogen-bond donors (Lipinski definition) is 1. The third-order valence-electron chi connectivity index (χ3n) is 2.80. The van der Waals surface area contributed by atoms with Crippen LogP contribution in [0.25, 0.3) is 0 Å². The van der Waals surface area contributed by atoms with Gasteiger partial charge in [-0.1, -0.05) is 13.3 Å². The first-order valence-corrected chi connectivity index (χ1v) is 6.26. The summed E-state index contributed by atoms with van der Waals surface area (Å²) >= 11 is 0. The van der Waals surface area contributed by atoms with Crippen molar-refractivity contribution in [2.75, 3.05) is 13.1 Å². The van der Waals surface area contributed by atoms with Crippen LogP contribution in [0.3, 0.4) is 0 Å². The fourth-order valence-electron chi connectivity index (χ4n) is 1.81. The Hall–Kier alpha value is -1.78. The number of unbranched alkanes of at least 4 members (excludes halogenated alkanes) is 1. The first kappa shape index (κ1) is 14.3. The summed E-state index contributed by atoms with van der Waals surface area (Å²) in [7, 11) is 0. The SMILES string of the molecule is CCCCN(CC)C(=O)c1cccn1CC(=O)O. The standard InChI is InChI=1S/C13H20N2O3/c1-3-5-8-14(4-2)13(18)11-7-6-9-15(11)10-12(16)17/h6-7,9H,3-5,8,10H2,1-2H3,(H,16,17). The predicted octanol–water partition coefficient (Wildman–Crippen LogP) is 1.83. The second kappa shape index (κ2) is 6.83. The smallest absolute Gasteiger partial charge is 0.323 e. The largest absolute Gasteiger partial charge is 0.480 e. The molecule has 0 spiro atoms. The lowest BCUT2D eigenvalue weighted by Crippen LogP contribution is -2.33. The van der Waals surface area contributed by atoms with E-state index in [9.17, 15) is 9.59 Å². The molecule has 0 unspecified atom stereocenters. The zero-order valence-electron chi connectivity index (χ0n) is 10.9. The zero-order valence-corrected chi connectivity index (χ0v) is 10.9. The number of rotatable bonds is 7. The number of carbonyl (C=O) groups is 2. The Morgan fingerprint density at radius 3 is 2.67 bits per heavy atom. The third-order valence-corrected chi connectivity index (χ3v) is 2.80. The van der Waals surface area contributed by atoms with E-state index in [1.807, 2.05) is 6.92 Å². The molecule has 18 heavy (non-hydrogen) atoms. The maximum atomic E-state index is 12.3. The van der Waals surface area contributed by atoms with Crippen molar-refractivity contribution < 1.29 is 14.7 Å². The van der Waals surface area contributed by atoms with Gasteiger partial charge in [0.15, 0.2) is 0 Å². The molecule has 1 aromatic rings. The van der Waals surface area contributed by atoms with Gasteiger partial charge in [-0.2, -0.15) is 0 Å². The molecule has 5 heteroatoms. The highest BCUT2D eigenvalue weighted by Crippen LogP contribution is 2.08. The van der Waals surface area contributed by atoms with Crippen LogP contribution >= 0.6 is 0 Å². The van der Waals surface area contributed by atoms with Crippen molar-refractivity contribution in [2.24, 2.45) is 0 Å². The maximum absolute atomic E-state index is 12.3. The Kier molecular flexibility index (Phi) is 5.42. The molecule has 1 amide bonds. The minimum atomic E-state index is -0.947. The molecule has 0 saturated heterocycles. The van der Waals surface area contributed by atoms with Crippen LogP contribution in [0.4, 0.5) is 0 Å². The first-order valence-electron chi connectivity index (χ1n) is 6.26. The molecule has 0 bridgehead atoms. The van der Waals surface area contributed by atoms with E-state index in [1.165, 1.54) is 4.57 Å². The van der Waals surface area contributed by atoms with E-state index in [4.69, 9.17) is 5.11 Å². The number of hydrogen-bond acceptors (Lipinski definition) is 2. The summed E-state index contributed by atoms with van der Waals surface area (Å²) in [5.41, 5.74) is 0.440. The van der Waals surface area contributed by atoms with Gasteiger partial charge in [-0.25, -0.2) is 0 Å². The minimum absolute atomic E-state index is 0.0998. The Bertz CT molecular complexity index is 412. The molecule has 0 fully saturated rings. The quantitative estimate of drug-likeness (QED) is 0.805. The second-order valence-electron chi connectivity index (χ2n) is 4.15. The summed E-state index contributed by atoms with van der Waals surface area (Å²) in [6.45, 7) is 5.17. The summed E-state index contributed by atoms with van der Waals surface area (Å²) in [4.78, 5) is 24.7. The Balaban J connectivity index is 2.81. The highest BCUT2D eigenvalue weighted by Gasteiger charge is 2.17. The molecule has 0 radical (unpaired) electrons. The molecule has 1 N–H and O–H groups in total. The van der Waals surface area contributed by atoms with Crippen molar-refractivity contribution in [2.45, 2.75) is 33.2 Å². The predicted molar refractivity (Wildman–Crippen MR) is 68.6 cm³/mol. The molecule has 1 rings (SSSR count). The van der Waals surface area contributed by atoms with Crippen molar-refractivity contribution in [1.82, 2.24) is 9.47 Å². The number of carboxylic acid groups (broad SMARTS) is 1.